The summed E-state index contributed by atoms with van der Waals surface area (Å²) in [4.78, 5) is 15.0. The lowest BCUT2D eigenvalue weighted by atomic mass is 10.1. The summed E-state index contributed by atoms with van der Waals surface area (Å²) in [7, 11) is 1.69. The van der Waals surface area contributed by atoms with Gasteiger partial charge in [0.2, 0.25) is 17.2 Å². The molecule has 1 aromatic heterocycles. The summed E-state index contributed by atoms with van der Waals surface area (Å²) in [6.45, 7) is 6.80. The van der Waals surface area contributed by atoms with Gasteiger partial charge in [0.25, 0.3) is 0 Å². The Hall–Kier alpha value is -1.14. The minimum atomic E-state index is 0.143. The predicted octanol–water partition coefficient (Wildman–Crippen LogP) is 2.21. The van der Waals surface area contributed by atoms with Gasteiger partial charge in [-0.1, -0.05) is 13.8 Å². The van der Waals surface area contributed by atoms with Gasteiger partial charge in [0, 0.05) is 20.2 Å². The number of methoxy groups -OCH3 is 1. The second kappa shape index (κ2) is 7.04. The first-order valence-electron chi connectivity index (χ1n) is 7.02. The van der Waals surface area contributed by atoms with E-state index in [0.717, 1.165) is 13.1 Å². The van der Waals surface area contributed by atoms with Gasteiger partial charge in [-0.25, -0.2) is 0 Å². The maximum atomic E-state index is 6.01. The van der Waals surface area contributed by atoms with E-state index in [9.17, 15) is 0 Å². The van der Waals surface area contributed by atoms with Crippen molar-refractivity contribution in [2.45, 2.75) is 32.7 Å². The van der Waals surface area contributed by atoms with Crippen molar-refractivity contribution in [2.75, 3.05) is 37.0 Å². The Labute approximate surface area is 124 Å². The lowest BCUT2D eigenvalue weighted by molar-refractivity contribution is 0.171. The average molecular weight is 300 g/mol. The zero-order valence-corrected chi connectivity index (χ0v) is 13.0. The summed E-state index contributed by atoms with van der Waals surface area (Å²) in [5.41, 5.74) is 0. The van der Waals surface area contributed by atoms with Crippen LogP contribution in [-0.2, 0) is 4.74 Å². The highest BCUT2D eigenvalue weighted by Crippen LogP contribution is 2.19. The van der Waals surface area contributed by atoms with Crippen molar-refractivity contribution in [3.05, 3.63) is 5.28 Å². The molecule has 1 aliphatic heterocycles. The van der Waals surface area contributed by atoms with Gasteiger partial charge in [0.15, 0.2) is 0 Å². The van der Waals surface area contributed by atoms with Crippen molar-refractivity contribution in [3.8, 4) is 0 Å². The Morgan fingerprint density at radius 3 is 2.55 bits per heavy atom. The quantitative estimate of drug-likeness (QED) is 0.869. The zero-order valence-electron chi connectivity index (χ0n) is 12.3. The van der Waals surface area contributed by atoms with Crippen LogP contribution in [0.4, 0.5) is 11.9 Å². The molecule has 0 saturated carbocycles. The predicted molar refractivity (Wildman–Crippen MR) is 80.4 cm³/mol. The fourth-order valence-corrected chi connectivity index (χ4v) is 2.36. The molecule has 2 rings (SSSR count). The monoisotopic (exact) mass is 299 g/mol. The van der Waals surface area contributed by atoms with Gasteiger partial charge in [-0.05, 0) is 30.4 Å². The molecule has 1 atom stereocenters. The van der Waals surface area contributed by atoms with E-state index in [0.29, 0.717) is 24.4 Å². The number of anilines is 2. The van der Waals surface area contributed by atoms with E-state index >= 15 is 0 Å². The third-order valence-electron chi connectivity index (χ3n) is 3.45. The van der Waals surface area contributed by atoms with Crippen LogP contribution in [0.1, 0.15) is 26.7 Å². The number of ether oxygens (including phenoxy) is 1. The number of nitrogens with one attached hydrogen (secondary N) is 1. The third-order valence-corrected chi connectivity index (χ3v) is 3.62. The van der Waals surface area contributed by atoms with Gasteiger partial charge in [0.05, 0.1) is 12.6 Å². The zero-order chi connectivity index (χ0) is 14.5. The van der Waals surface area contributed by atoms with Gasteiger partial charge < -0.3 is 15.0 Å². The number of halogens is 1. The van der Waals surface area contributed by atoms with E-state index in [2.05, 4.69) is 39.0 Å². The van der Waals surface area contributed by atoms with Crippen molar-refractivity contribution < 1.29 is 4.74 Å². The summed E-state index contributed by atoms with van der Waals surface area (Å²) in [6.07, 6.45) is 2.34. The summed E-state index contributed by atoms with van der Waals surface area (Å²) >= 11 is 6.01. The first-order valence-corrected chi connectivity index (χ1v) is 7.40. The molecule has 1 aromatic rings. The molecule has 20 heavy (non-hydrogen) atoms. The average Bonchev–Trinajstić information content (AvgIpc) is 2.91. The molecule has 0 bridgehead atoms. The van der Waals surface area contributed by atoms with Crippen LogP contribution in [0.3, 0.4) is 0 Å². The van der Waals surface area contributed by atoms with Gasteiger partial charge >= 0.3 is 0 Å². The minimum absolute atomic E-state index is 0.143. The van der Waals surface area contributed by atoms with E-state index in [1.54, 1.807) is 7.11 Å². The second-order valence-corrected chi connectivity index (χ2v) is 5.71. The fraction of sp³-hybridized carbons (Fsp3) is 0.769. The Morgan fingerprint density at radius 1 is 1.25 bits per heavy atom. The standard InChI is InChI=1S/C13H22ClN5O/c1-9(2)10(8-20-3)15-12-16-11(14)17-13(18-12)19-6-4-5-7-19/h9-10H,4-8H2,1-3H3,(H,15,16,17,18). The fourth-order valence-electron chi connectivity index (χ4n) is 2.21. The molecule has 112 valence electrons. The van der Waals surface area contributed by atoms with Crippen LogP contribution in [0.5, 0.6) is 0 Å². The molecule has 0 aliphatic carbocycles. The topological polar surface area (TPSA) is 63.2 Å². The van der Waals surface area contributed by atoms with Gasteiger partial charge in [-0.15, -0.1) is 0 Å². The van der Waals surface area contributed by atoms with Crippen LogP contribution >= 0.6 is 11.6 Å². The molecular formula is C13H22ClN5O. The summed E-state index contributed by atoms with van der Waals surface area (Å²) in [5.74, 6) is 1.58. The molecule has 1 unspecified atom stereocenters. The molecular weight excluding hydrogens is 278 g/mol. The lowest BCUT2D eigenvalue weighted by Gasteiger charge is -2.22. The molecule has 1 saturated heterocycles. The smallest absolute Gasteiger partial charge is 0.231 e. The number of hydrogen-bond donors (Lipinski definition) is 1. The molecule has 0 radical (unpaired) electrons. The highest BCUT2D eigenvalue weighted by Gasteiger charge is 2.19. The van der Waals surface area contributed by atoms with Crippen LogP contribution in [0.15, 0.2) is 0 Å². The SMILES string of the molecule is COCC(Nc1nc(Cl)nc(N2CCCC2)n1)C(C)C. The van der Waals surface area contributed by atoms with Crippen molar-refractivity contribution in [1.82, 2.24) is 15.0 Å². The molecule has 2 heterocycles. The molecule has 0 amide bonds. The summed E-state index contributed by atoms with van der Waals surface area (Å²) < 4.78 is 5.22. The Balaban J connectivity index is 2.14. The number of nitrogens with zero attached hydrogens (tertiary/aromatic N) is 4. The largest absolute Gasteiger partial charge is 0.383 e. The van der Waals surface area contributed by atoms with Gasteiger partial charge in [0.1, 0.15) is 0 Å². The third kappa shape index (κ3) is 3.93. The number of hydrogen-bond acceptors (Lipinski definition) is 6. The maximum Gasteiger partial charge on any atom is 0.231 e. The first kappa shape index (κ1) is 15.3. The van der Waals surface area contributed by atoms with E-state index < -0.39 is 0 Å². The van der Waals surface area contributed by atoms with Gasteiger partial charge in [-0.3, -0.25) is 0 Å². The summed E-state index contributed by atoms with van der Waals surface area (Å²) in [5, 5.41) is 3.51. The number of rotatable bonds is 6. The highest BCUT2D eigenvalue weighted by molar-refractivity contribution is 6.28. The molecule has 7 heteroatoms. The molecule has 0 spiro atoms. The molecule has 1 N–H and O–H groups in total. The maximum absolute atomic E-state index is 6.01. The van der Waals surface area contributed by atoms with E-state index in [1.807, 2.05) is 0 Å². The Kier molecular flexibility index (Phi) is 5.37. The van der Waals surface area contributed by atoms with Crippen LogP contribution in [0, 0.1) is 5.92 Å². The van der Waals surface area contributed by atoms with Crippen LogP contribution < -0.4 is 10.2 Å². The normalized spacial score (nSPS) is 16.8. The highest BCUT2D eigenvalue weighted by atomic mass is 35.5. The molecule has 0 aromatic carbocycles. The van der Waals surface area contributed by atoms with E-state index in [4.69, 9.17) is 16.3 Å². The number of aromatic nitrogens is 3. The molecule has 6 nitrogen and oxygen atoms in total. The summed E-state index contributed by atoms with van der Waals surface area (Å²) in [6, 6.07) is 0.143. The van der Waals surface area contributed by atoms with Crippen LogP contribution in [0.25, 0.3) is 0 Å². The minimum Gasteiger partial charge on any atom is -0.383 e. The van der Waals surface area contributed by atoms with Crippen molar-refractivity contribution in [1.29, 1.82) is 0 Å². The first-order chi connectivity index (χ1) is 9.60. The lowest BCUT2D eigenvalue weighted by Crippen LogP contribution is -2.32. The Bertz CT molecular complexity index is 437. The van der Waals surface area contributed by atoms with Crippen molar-refractivity contribution in [3.63, 3.8) is 0 Å². The van der Waals surface area contributed by atoms with Crippen molar-refractivity contribution in [2.24, 2.45) is 5.92 Å². The molecule has 1 aliphatic rings. The molecule has 1 fully saturated rings. The second-order valence-electron chi connectivity index (χ2n) is 5.37. The van der Waals surface area contributed by atoms with Crippen molar-refractivity contribution >= 4 is 23.5 Å². The Morgan fingerprint density at radius 2 is 1.95 bits per heavy atom. The van der Waals surface area contributed by atoms with E-state index in [-0.39, 0.29) is 11.3 Å². The van der Waals surface area contributed by atoms with Crippen LogP contribution in [0.2, 0.25) is 5.28 Å². The van der Waals surface area contributed by atoms with Gasteiger partial charge in [-0.2, -0.15) is 15.0 Å². The van der Waals surface area contributed by atoms with E-state index in [1.165, 1.54) is 12.8 Å². The van der Waals surface area contributed by atoms with Crippen LogP contribution in [-0.4, -0.2) is 47.8 Å².